The molecule has 0 aliphatic heterocycles. The van der Waals surface area contributed by atoms with Gasteiger partial charge in [0.05, 0.1) is 10.6 Å². The molecule has 0 aromatic heterocycles. The van der Waals surface area contributed by atoms with E-state index in [0.29, 0.717) is 0 Å². The van der Waals surface area contributed by atoms with Gasteiger partial charge in [0, 0.05) is 6.04 Å². The summed E-state index contributed by atoms with van der Waals surface area (Å²) in [5.41, 5.74) is 0.266. The molecule has 24 heavy (non-hydrogen) atoms. The van der Waals surface area contributed by atoms with Crippen molar-refractivity contribution >= 4 is 29.4 Å². The zero-order valence-corrected chi connectivity index (χ0v) is 15.0. The fourth-order valence-electron chi connectivity index (χ4n) is 1.70. The molecule has 0 saturated carbocycles. The summed E-state index contributed by atoms with van der Waals surface area (Å²) in [4.78, 5) is 35.6. The van der Waals surface area contributed by atoms with Gasteiger partial charge in [0.2, 0.25) is 0 Å². The summed E-state index contributed by atoms with van der Waals surface area (Å²) in [6.45, 7) is 6.91. The van der Waals surface area contributed by atoms with E-state index in [2.05, 4.69) is 10.6 Å². The van der Waals surface area contributed by atoms with Gasteiger partial charge in [-0.25, -0.2) is 4.79 Å². The Kier molecular flexibility index (Phi) is 7.71. The molecule has 6 nitrogen and oxygen atoms in total. The number of carbonyl (C=O) groups excluding carboxylic acids is 3. The van der Waals surface area contributed by atoms with Gasteiger partial charge in [0.1, 0.15) is 6.04 Å². The molecular weight excluding hydrogens is 332 g/mol. The number of rotatable bonds is 7. The van der Waals surface area contributed by atoms with Gasteiger partial charge < -0.3 is 15.4 Å². The molecule has 132 valence electrons. The maximum atomic E-state index is 12.1. The van der Waals surface area contributed by atoms with Crippen LogP contribution in [-0.4, -0.2) is 36.5 Å². The molecule has 2 atom stereocenters. The molecule has 1 aromatic carbocycles. The number of benzene rings is 1. The number of hydrogen-bond donors (Lipinski definition) is 2. The van der Waals surface area contributed by atoms with Crippen molar-refractivity contribution in [3.8, 4) is 0 Å². The number of nitrogens with one attached hydrogen (secondary N) is 2. The first-order valence-electron chi connectivity index (χ1n) is 7.73. The average molecular weight is 355 g/mol. The van der Waals surface area contributed by atoms with Crippen LogP contribution in [0.5, 0.6) is 0 Å². The average Bonchev–Trinajstić information content (AvgIpc) is 2.52. The Morgan fingerprint density at radius 3 is 2.29 bits per heavy atom. The second-order valence-electron chi connectivity index (χ2n) is 5.88. The van der Waals surface area contributed by atoms with Crippen molar-refractivity contribution in [1.29, 1.82) is 0 Å². The molecule has 0 spiro atoms. The molecule has 0 radical (unpaired) electrons. The Hall–Kier alpha value is -2.08. The molecule has 0 bridgehead atoms. The first-order chi connectivity index (χ1) is 11.2. The van der Waals surface area contributed by atoms with Gasteiger partial charge in [-0.05, 0) is 31.9 Å². The molecule has 2 N–H and O–H groups in total. The van der Waals surface area contributed by atoms with Gasteiger partial charge in [0.15, 0.2) is 6.61 Å². The van der Waals surface area contributed by atoms with Crippen LogP contribution in [0.25, 0.3) is 0 Å². The van der Waals surface area contributed by atoms with E-state index in [0.717, 1.165) is 0 Å². The normalized spacial score (nSPS) is 13.1. The van der Waals surface area contributed by atoms with Gasteiger partial charge in [0.25, 0.3) is 11.8 Å². The van der Waals surface area contributed by atoms with Gasteiger partial charge in [-0.1, -0.05) is 37.6 Å². The van der Waals surface area contributed by atoms with Crippen molar-refractivity contribution in [2.24, 2.45) is 5.92 Å². The van der Waals surface area contributed by atoms with Crippen molar-refractivity contribution in [2.45, 2.75) is 39.8 Å². The van der Waals surface area contributed by atoms with Crippen molar-refractivity contribution in [1.82, 2.24) is 10.6 Å². The van der Waals surface area contributed by atoms with Crippen LogP contribution in [0.2, 0.25) is 5.02 Å². The Bertz CT molecular complexity index is 604. The van der Waals surface area contributed by atoms with E-state index in [-0.39, 0.29) is 35.1 Å². The zero-order chi connectivity index (χ0) is 18.3. The van der Waals surface area contributed by atoms with E-state index in [1.807, 2.05) is 20.8 Å². The molecule has 0 fully saturated rings. The van der Waals surface area contributed by atoms with Crippen molar-refractivity contribution in [3.63, 3.8) is 0 Å². The Morgan fingerprint density at radius 1 is 1.08 bits per heavy atom. The number of halogens is 1. The number of amides is 2. The van der Waals surface area contributed by atoms with Crippen LogP contribution in [0.15, 0.2) is 24.3 Å². The lowest BCUT2D eigenvalue weighted by atomic mass is 10.1. The molecule has 1 aromatic rings. The molecule has 0 aliphatic rings. The molecule has 7 heteroatoms. The third-order valence-corrected chi connectivity index (χ3v) is 3.88. The van der Waals surface area contributed by atoms with E-state index in [1.165, 1.54) is 6.92 Å². The van der Waals surface area contributed by atoms with Crippen molar-refractivity contribution in [3.05, 3.63) is 34.9 Å². The molecule has 1 rings (SSSR count). The molecule has 2 amide bonds. The van der Waals surface area contributed by atoms with Crippen LogP contribution in [0.3, 0.4) is 0 Å². The SMILES string of the molecule is CC(C)[C@H](C)NC(=O)COC(=O)[C@@H](C)NC(=O)c1ccccc1Cl. The summed E-state index contributed by atoms with van der Waals surface area (Å²) < 4.78 is 4.91. The predicted octanol–water partition coefficient (Wildman–Crippen LogP) is 2.16. The molecular formula is C17H23ClN2O4. The van der Waals surface area contributed by atoms with Crippen LogP contribution >= 0.6 is 11.6 Å². The largest absolute Gasteiger partial charge is 0.454 e. The van der Waals surface area contributed by atoms with Crippen molar-refractivity contribution < 1.29 is 19.1 Å². The van der Waals surface area contributed by atoms with Crippen LogP contribution in [0.4, 0.5) is 0 Å². The third kappa shape index (κ3) is 6.20. The summed E-state index contributed by atoms with van der Waals surface area (Å²) in [6, 6.07) is 5.59. The fourth-order valence-corrected chi connectivity index (χ4v) is 1.92. The highest BCUT2D eigenvalue weighted by molar-refractivity contribution is 6.33. The summed E-state index contributed by atoms with van der Waals surface area (Å²) in [5.74, 6) is -1.28. The highest BCUT2D eigenvalue weighted by Gasteiger charge is 2.20. The Morgan fingerprint density at radius 2 is 1.71 bits per heavy atom. The summed E-state index contributed by atoms with van der Waals surface area (Å²) >= 11 is 5.93. The first kappa shape index (κ1) is 20.0. The second kappa shape index (κ2) is 9.27. The minimum Gasteiger partial charge on any atom is -0.454 e. The molecule has 0 saturated heterocycles. The van der Waals surface area contributed by atoms with Crippen molar-refractivity contribution in [2.75, 3.05) is 6.61 Å². The Balaban J connectivity index is 2.46. The van der Waals surface area contributed by atoms with E-state index in [1.54, 1.807) is 24.3 Å². The van der Waals surface area contributed by atoms with E-state index in [9.17, 15) is 14.4 Å². The molecule has 0 aliphatic carbocycles. The lowest BCUT2D eigenvalue weighted by Crippen LogP contribution is -2.42. The lowest BCUT2D eigenvalue weighted by molar-refractivity contribution is -0.150. The minimum atomic E-state index is -0.899. The van der Waals surface area contributed by atoms with Gasteiger partial charge >= 0.3 is 5.97 Å². The van der Waals surface area contributed by atoms with Gasteiger partial charge in [-0.2, -0.15) is 0 Å². The molecule has 0 heterocycles. The maximum absolute atomic E-state index is 12.1. The first-order valence-corrected chi connectivity index (χ1v) is 8.11. The third-order valence-electron chi connectivity index (χ3n) is 3.55. The molecule has 0 unspecified atom stereocenters. The monoisotopic (exact) mass is 354 g/mol. The van der Waals surface area contributed by atoms with Gasteiger partial charge in [-0.15, -0.1) is 0 Å². The predicted molar refractivity (Wildman–Crippen MR) is 91.8 cm³/mol. The Labute approximate surface area is 146 Å². The van der Waals surface area contributed by atoms with Gasteiger partial charge in [-0.3, -0.25) is 9.59 Å². The number of ether oxygens (including phenoxy) is 1. The second-order valence-corrected chi connectivity index (χ2v) is 6.29. The number of hydrogen-bond acceptors (Lipinski definition) is 4. The fraction of sp³-hybridized carbons (Fsp3) is 0.471. The van der Waals surface area contributed by atoms with Crippen LogP contribution < -0.4 is 10.6 Å². The lowest BCUT2D eigenvalue weighted by Gasteiger charge is -2.18. The van der Waals surface area contributed by atoms with E-state index < -0.39 is 17.9 Å². The van der Waals surface area contributed by atoms with Crippen LogP contribution in [-0.2, 0) is 14.3 Å². The summed E-state index contributed by atoms with van der Waals surface area (Å²) in [6.07, 6.45) is 0. The highest BCUT2D eigenvalue weighted by atomic mass is 35.5. The summed E-state index contributed by atoms with van der Waals surface area (Å²) in [5, 5.41) is 5.51. The highest BCUT2D eigenvalue weighted by Crippen LogP contribution is 2.14. The van der Waals surface area contributed by atoms with Crippen LogP contribution in [0, 0.1) is 5.92 Å². The smallest absolute Gasteiger partial charge is 0.328 e. The topological polar surface area (TPSA) is 84.5 Å². The minimum absolute atomic E-state index is 0.0199. The quantitative estimate of drug-likeness (QED) is 0.735. The maximum Gasteiger partial charge on any atom is 0.328 e. The number of esters is 1. The van der Waals surface area contributed by atoms with Crippen LogP contribution in [0.1, 0.15) is 38.1 Å². The van der Waals surface area contributed by atoms with E-state index >= 15 is 0 Å². The van der Waals surface area contributed by atoms with E-state index in [4.69, 9.17) is 16.3 Å². The zero-order valence-electron chi connectivity index (χ0n) is 14.3. The summed E-state index contributed by atoms with van der Waals surface area (Å²) in [7, 11) is 0. The standard InChI is InChI=1S/C17H23ClN2O4/c1-10(2)11(3)19-15(21)9-24-17(23)12(4)20-16(22)13-7-5-6-8-14(13)18/h5-8,10-12H,9H2,1-4H3,(H,19,21)(H,20,22)/t11-,12+/m0/s1. The number of carbonyl (C=O) groups is 3.